The summed E-state index contributed by atoms with van der Waals surface area (Å²) in [5.41, 5.74) is -0.00546. The Morgan fingerprint density at radius 2 is 2.33 bits per heavy atom. The van der Waals surface area contributed by atoms with Gasteiger partial charge < -0.3 is 9.47 Å². The van der Waals surface area contributed by atoms with E-state index in [4.69, 9.17) is 9.47 Å². The standard InChI is InChI=1S/C9H10N2O4/c1-10-9-5-14-7-3-2-6(11(12)13)4-8(7)15-9/h2-4,9-10H,5H2,1H3/t9-/m1/s1. The molecule has 1 heterocycles. The highest BCUT2D eigenvalue weighted by molar-refractivity contribution is 5.49. The first-order valence-electron chi connectivity index (χ1n) is 4.46. The van der Waals surface area contributed by atoms with E-state index in [1.807, 2.05) is 0 Å². The van der Waals surface area contributed by atoms with Gasteiger partial charge in [-0.3, -0.25) is 15.4 Å². The molecular weight excluding hydrogens is 200 g/mol. The molecule has 0 spiro atoms. The second kappa shape index (κ2) is 3.74. The first-order chi connectivity index (χ1) is 7.20. The van der Waals surface area contributed by atoms with Gasteiger partial charge in [-0.25, -0.2) is 0 Å². The van der Waals surface area contributed by atoms with Crippen molar-refractivity contribution in [3.8, 4) is 11.5 Å². The lowest BCUT2D eigenvalue weighted by Gasteiger charge is -2.25. The summed E-state index contributed by atoms with van der Waals surface area (Å²) in [6, 6.07) is 4.29. The third-order valence-corrected chi connectivity index (χ3v) is 2.12. The number of non-ortho nitro benzene ring substituents is 1. The van der Waals surface area contributed by atoms with E-state index in [1.54, 1.807) is 13.1 Å². The van der Waals surface area contributed by atoms with Gasteiger partial charge >= 0.3 is 0 Å². The molecule has 1 aliphatic heterocycles. The molecule has 0 fully saturated rings. The number of nitro benzene ring substituents is 1. The van der Waals surface area contributed by atoms with E-state index >= 15 is 0 Å². The minimum absolute atomic E-state index is 0.00546. The molecule has 80 valence electrons. The lowest BCUT2D eigenvalue weighted by molar-refractivity contribution is -0.385. The van der Waals surface area contributed by atoms with Gasteiger partial charge in [-0.05, 0) is 13.1 Å². The average molecular weight is 210 g/mol. The van der Waals surface area contributed by atoms with Gasteiger partial charge in [-0.15, -0.1) is 0 Å². The van der Waals surface area contributed by atoms with Crippen LogP contribution in [0.2, 0.25) is 0 Å². The number of hydrogen-bond acceptors (Lipinski definition) is 5. The zero-order chi connectivity index (χ0) is 10.8. The Kier molecular flexibility index (Phi) is 2.42. The Balaban J connectivity index is 2.30. The number of nitrogens with one attached hydrogen (secondary N) is 1. The molecule has 2 rings (SSSR count). The summed E-state index contributed by atoms with van der Waals surface area (Å²) >= 11 is 0. The van der Waals surface area contributed by atoms with Crippen LogP contribution in [0.5, 0.6) is 11.5 Å². The van der Waals surface area contributed by atoms with E-state index in [0.29, 0.717) is 18.1 Å². The van der Waals surface area contributed by atoms with Gasteiger partial charge in [0.2, 0.25) is 0 Å². The Labute approximate surface area is 86.0 Å². The third-order valence-electron chi connectivity index (χ3n) is 2.12. The maximum absolute atomic E-state index is 10.5. The molecule has 1 aromatic rings. The Morgan fingerprint density at radius 3 is 3.00 bits per heavy atom. The molecule has 0 unspecified atom stereocenters. The second-order valence-electron chi connectivity index (χ2n) is 3.09. The molecule has 0 aliphatic carbocycles. The van der Waals surface area contributed by atoms with E-state index in [9.17, 15) is 10.1 Å². The maximum atomic E-state index is 10.5. The van der Waals surface area contributed by atoms with Crippen LogP contribution in [0.4, 0.5) is 5.69 Å². The minimum atomic E-state index is -0.466. The molecular formula is C9H10N2O4. The molecule has 0 saturated heterocycles. The molecule has 0 bridgehead atoms. The van der Waals surface area contributed by atoms with Crippen LogP contribution >= 0.6 is 0 Å². The number of rotatable bonds is 2. The van der Waals surface area contributed by atoms with Crippen molar-refractivity contribution < 1.29 is 14.4 Å². The fourth-order valence-corrected chi connectivity index (χ4v) is 1.32. The highest BCUT2D eigenvalue weighted by Crippen LogP contribution is 2.34. The quantitative estimate of drug-likeness (QED) is 0.580. The molecule has 0 aromatic heterocycles. The molecule has 0 radical (unpaired) electrons. The smallest absolute Gasteiger partial charge is 0.273 e. The van der Waals surface area contributed by atoms with Crippen LogP contribution in [-0.2, 0) is 0 Å². The zero-order valence-electron chi connectivity index (χ0n) is 8.10. The number of benzene rings is 1. The first-order valence-corrected chi connectivity index (χ1v) is 4.46. The summed E-state index contributed by atoms with van der Waals surface area (Å²) in [5, 5.41) is 13.4. The number of nitro groups is 1. The predicted octanol–water partition coefficient (Wildman–Crippen LogP) is 0.911. The lowest BCUT2D eigenvalue weighted by Crippen LogP contribution is -2.39. The van der Waals surface area contributed by atoms with Crippen molar-refractivity contribution in [1.82, 2.24) is 5.32 Å². The van der Waals surface area contributed by atoms with Crippen LogP contribution < -0.4 is 14.8 Å². The predicted molar refractivity (Wildman–Crippen MR) is 52.1 cm³/mol. The van der Waals surface area contributed by atoms with E-state index in [2.05, 4.69) is 5.32 Å². The van der Waals surface area contributed by atoms with Gasteiger partial charge in [-0.2, -0.15) is 0 Å². The van der Waals surface area contributed by atoms with E-state index in [-0.39, 0.29) is 11.9 Å². The monoisotopic (exact) mass is 210 g/mol. The van der Waals surface area contributed by atoms with Crippen molar-refractivity contribution in [3.63, 3.8) is 0 Å². The summed E-state index contributed by atoms with van der Waals surface area (Å²) in [4.78, 5) is 10.1. The van der Waals surface area contributed by atoms with Crippen molar-refractivity contribution in [3.05, 3.63) is 28.3 Å². The first kappa shape index (κ1) is 9.72. The molecule has 0 amide bonds. The molecule has 1 aliphatic rings. The number of fused-ring (bicyclic) bond motifs is 1. The fraction of sp³-hybridized carbons (Fsp3) is 0.333. The van der Waals surface area contributed by atoms with Gasteiger partial charge in [0.15, 0.2) is 17.7 Å². The molecule has 6 heteroatoms. The van der Waals surface area contributed by atoms with Crippen LogP contribution in [0, 0.1) is 10.1 Å². The SMILES string of the molecule is CN[C@H]1COc2ccc([N+](=O)[O-])cc2O1. The maximum Gasteiger partial charge on any atom is 0.273 e. The fourth-order valence-electron chi connectivity index (χ4n) is 1.32. The van der Waals surface area contributed by atoms with E-state index in [1.165, 1.54) is 12.1 Å². The van der Waals surface area contributed by atoms with Gasteiger partial charge in [0.1, 0.15) is 6.61 Å². The summed E-state index contributed by atoms with van der Waals surface area (Å²) in [6.07, 6.45) is -0.264. The molecule has 1 N–H and O–H groups in total. The number of nitrogens with zero attached hydrogens (tertiary/aromatic N) is 1. The van der Waals surface area contributed by atoms with Crippen LogP contribution in [0.25, 0.3) is 0 Å². The Hall–Kier alpha value is -1.82. The average Bonchev–Trinajstić information content (AvgIpc) is 2.27. The van der Waals surface area contributed by atoms with Crippen LogP contribution in [0.3, 0.4) is 0 Å². The van der Waals surface area contributed by atoms with Gasteiger partial charge in [-0.1, -0.05) is 0 Å². The van der Waals surface area contributed by atoms with Crippen molar-refractivity contribution in [2.75, 3.05) is 13.7 Å². The topological polar surface area (TPSA) is 73.6 Å². The van der Waals surface area contributed by atoms with Crippen molar-refractivity contribution in [1.29, 1.82) is 0 Å². The van der Waals surface area contributed by atoms with Crippen LogP contribution in [-0.4, -0.2) is 24.8 Å². The van der Waals surface area contributed by atoms with Crippen LogP contribution in [0.15, 0.2) is 18.2 Å². The van der Waals surface area contributed by atoms with Crippen LogP contribution in [0.1, 0.15) is 0 Å². The summed E-state index contributed by atoms with van der Waals surface area (Å²) < 4.78 is 10.8. The Morgan fingerprint density at radius 1 is 1.53 bits per heavy atom. The van der Waals surface area contributed by atoms with Crippen molar-refractivity contribution in [2.45, 2.75) is 6.23 Å². The highest BCUT2D eigenvalue weighted by atomic mass is 16.6. The summed E-state index contributed by atoms with van der Waals surface area (Å²) in [6.45, 7) is 0.390. The summed E-state index contributed by atoms with van der Waals surface area (Å²) in [5.74, 6) is 0.932. The Bertz CT molecular complexity index is 394. The largest absolute Gasteiger partial charge is 0.484 e. The van der Waals surface area contributed by atoms with E-state index in [0.717, 1.165) is 0 Å². The van der Waals surface area contributed by atoms with Crippen molar-refractivity contribution >= 4 is 5.69 Å². The summed E-state index contributed by atoms with van der Waals surface area (Å²) in [7, 11) is 1.73. The normalized spacial score (nSPS) is 18.6. The third kappa shape index (κ3) is 1.84. The molecule has 1 aromatic carbocycles. The molecule has 0 saturated carbocycles. The van der Waals surface area contributed by atoms with E-state index < -0.39 is 4.92 Å². The number of ether oxygens (including phenoxy) is 2. The number of hydrogen-bond donors (Lipinski definition) is 1. The van der Waals surface area contributed by atoms with Gasteiger partial charge in [0, 0.05) is 6.07 Å². The number of likely N-dealkylation sites (N-methyl/N-ethyl adjacent to an activating group) is 1. The lowest BCUT2D eigenvalue weighted by atomic mass is 10.2. The molecule has 1 atom stereocenters. The molecule has 15 heavy (non-hydrogen) atoms. The molecule has 6 nitrogen and oxygen atoms in total. The van der Waals surface area contributed by atoms with Gasteiger partial charge in [0.05, 0.1) is 11.0 Å². The van der Waals surface area contributed by atoms with Gasteiger partial charge in [0.25, 0.3) is 5.69 Å². The highest BCUT2D eigenvalue weighted by Gasteiger charge is 2.21. The van der Waals surface area contributed by atoms with Crippen molar-refractivity contribution in [2.24, 2.45) is 0 Å². The second-order valence-corrected chi connectivity index (χ2v) is 3.09. The minimum Gasteiger partial charge on any atom is -0.484 e. The zero-order valence-corrected chi connectivity index (χ0v) is 8.10.